The average molecular weight is 682 g/mol. The first-order valence-corrected chi connectivity index (χ1v) is 19.2. The predicted molar refractivity (Wildman–Crippen MR) is 196 cm³/mol. The fraction of sp³-hybridized carbons (Fsp3) is 0.524. The number of fused-ring (bicyclic) bond motifs is 6. The first-order chi connectivity index (χ1) is 24.2. The van der Waals surface area contributed by atoms with Gasteiger partial charge < -0.3 is 23.7 Å². The van der Waals surface area contributed by atoms with Gasteiger partial charge in [-0.1, -0.05) is 78.9 Å². The van der Waals surface area contributed by atoms with E-state index in [1.54, 1.807) is 0 Å². The van der Waals surface area contributed by atoms with Gasteiger partial charge in [0, 0.05) is 25.2 Å². The standard InChI is InChI=1S/C42H55N4O4/c47-41(48)39(31-34-7-3-1-4-8-34)40(42(49)50)32-35-9-13-37(14-10-35)38-15-11-36(12-16-38)33-46-28-25-45(26-29-46,27-30-46)21-6-2-5-20-44-22-17-43(18-23-44)19-24-44/h1,3-4,7-16,39-40H,2,5-6,17-33H2/q+1/p+2/t39-,40-,45?,46?/m0/s1. The van der Waals surface area contributed by atoms with E-state index in [1.165, 1.54) is 130 Å². The molecule has 0 aromatic heterocycles. The largest absolute Gasteiger partial charge is 0.481 e. The average Bonchev–Trinajstić information content (AvgIpc) is 3.15. The number of unbranched alkanes of at least 4 members (excludes halogenated alkanes) is 2. The highest BCUT2D eigenvalue weighted by Crippen LogP contribution is 2.31. The Morgan fingerprint density at radius 2 is 0.940 bits per heavy atom. The minimum atomic E-state index is -1.07. The summed E-state index contributed by atoms with van der Waals surface area (Å²) < 4.78 is 4.00. The molecule has 0 saturated carbocycles. The van der Waals surface area contributed by atoms with Crippen molar-refractivity contribution in [1.82, 2.24) is 4.90 Å². The van der Waals surface area contributed by atoms with Crippen LogP contribution in [0.15, 0.2) is 78.9 Å². The van der Waals surface area contributed by atoms with Crippen LogP contribution < -0.4 is 0 Å². The Balaban J connectivity index is 0.883. The highest BCUT2D eigenvalue weighted by Gasteiger charge is 2.48. The number of aliphatic carboxylic acids is 2. The highest BCUT2D eigenvalue weighted by atomic mass is 16.4. The van der Waals surface area contributed by atoms with Crippen LogP contribution in [-0.2, 0) is 29.0 Å². The SMILES string of the molecule is O=C(O)[C@@H](Cc1ccccc1)[C@H](Cc1ccc(-c2ccc(C[N+]34CC[N+](CCCCC[N+]56CCN(CC5)CC6)(CC3)CC4)cc2)cc1)C(=O)O. The van der Waals surface area contributed by atoms with E-state index in [9.17, 15) is 19.8 Å². The molecule has 2 atom stereocenters. The van der Waals surface area contributed by atoms with Crippen molar-refractivity contribution in [3.05, 3.63) is 95.6 Å². The molecule has 9 rings (SSSR count). The zero-order chi connectivity index (χ0) is 34.6. The minimum Gasteiger partial charge on any atom is -0.481 e. The molecule has 6 fully saturated rings. The summed E-state index contributed by atoms with van der Waals surface area (Å²) in [5.41, 5.74) is 5.29. The molecule has 266 valence electrons. The minimum absolute atomic E-state index is 0.178. The normalized spacial score (nSPS) is 28.3. The van der Waals surface area contributed by atoms with Gasteiger partial charge in [0.25, 0.3) is 0 Å². The Kier molecular flexibility index (Phi) is 10.4. The summed E-state index contributed by atoms with van der Waals surface area (Å²) in [5, 5.41) is 19.9. The van der Waals surface area contributed by atoms with E-state index < -0.39 is 23.8 Å². The summed E-state index contributed by atoms with van der Waals surface area (Å²) in [6, 6.07) is 26.2. The van der Waals surface area contributed by atoms with Crippen molar-refractivity contribution in [2.24, 2.45) is 11.8 Å². The maximum absolute atomic E-state index is 12.2. The van der Waals surface area contributed by atoms with Crippen LogP contribution in [0.1, 0.15) is 36.0 Å². The van der Waals surface area contributed by atoms with Gasteiger partial charge in [-0.05, 0) is 54.4 Å². The monoisotopic (exact) mass is 681 g/mol. The third kappa shape index (κ3) is 7.99. The number of piperazine rings is 6. The zero-order valence-electron chi connectivity index (χ0n) is 29.8. The van der Waals surface area contributed by atoms with E-state index in [1.807, 2.05) is 54.6 Å². The summed E-state index contributed by atoms with van der Waals surface area (Å²) >= 11 is 0. The van der Waals surface area contributed by atoms with E-state index >= 15 is 0 Å². The van der Waals surface area contributed by atoms with Gasteiger partial charge in [-0.2, -0.15) is 0 Å². The number of nitrogens with zero attached hydrogens (tertiary/aromatic N) is 4. The van der Waals surface area contributed by atoms with Gasteiger partial charge in [-0.3, -0.25) is 14.5 Å². The van der Waals surface area contributed by atoms with Crippen molar-refractivity contribution < 1.29 is 33.3 Å². The number of benzene rings is 3. The second kappa shape index (κ2) is 15.0. The molecule has 8 nitrogen and oxygen atoms in total. The first-order valence-electron chi connectivity index (χ1n) is 19.2. The Bertz CT molecular complexity index is 1560. The van der Waals surface area contributed by atoms with Crippen molar-refractivity contribution in [1.29, 1.82) is 0 Å². The van der Waals surface area contributed by atoms with Crippen LogP contribution in [0.3, 0.4) is 0 Å². The summed E-state index contributed by atoms with van der Waals surface area (Å²) in [4.78, 5) is 27.0. The number of carbonyl (C=O) groups is 2. The third-order valence-corrected chi connectivity index (χ3v) is 13.2. The number of quaternary nitrogens is 3. The van der Waals surface area contributed by atoms with Gasteiger partial charge in [0.05, 0.1) is 44.6 Å². The number of hydrogen-bond donors (Lipinski definition) is 2. The Hall–Kier alpha value is -3.56. The quantitative estimate of drug-likeness (QED) is 0.164. The lowest BCUT2D eigenvalue weighted by Crippen LogP contribution is -2.74. The summed E-state index contributed by atoms with van der Waals surface area (Å²) in [5.74, 6) is -4.16. The molecular formula is C42H57N4O4+3. The molecule has 2 N–H and O–H groups in total. The Labute approximate surface area is 298 Å². The van der Waals surface area contributed by atoms with Gasteiger partial charge in [0.2, 0.25) is 0 Å². The van der Waals surface area contributed by atoms with Gasteiger partial charge in [0.1, 0.15) is 45.8 Å². The second-order valence-electron chi connectivity index (χ2n) is 16.2. The van der Waals surface area contributed by atoms with Crippen molar-refractivity contribution >= 4 is 11.9 Å². The van der Waals surface area contributed by atoms with Gasteiger partial charge in [0.15, 0.2) is 0 Å². The van der Waals surface area contributed by atoms with E-state index in [0.717, 1.165) is 28.8 Å². The highest BCUT2D eigenvalue weighted by molar-refractivity contribution is 5.80. The van der Waals surface area contributed by atoms with Gasteiger partial charge in [-0.25, -0.2) is 0 Å². The fourth-order valence-electron chi connectivity index (χ4n) is 9.60. The van der Waals surface area contributed by atoms with Crippen molar-refractivity contribution in [2.75, 3.05) is 91.6 Å². The van der Waals surface area contributed by atoms with Gasteiger partial charge >= 0.3 is 11.9 Å². The lowest BCUT2D eigenvalue weighted by molar-refractivity contribution is -1.09. The summed E-state index contributed by atoms with van der Waals surface area (Å²) in [7, 11) is 0. The molecule has 0 aliphatic carbocycles. The fourth-order valence-corrected chi connectivity index (χ4v) is 9.60. The molecule has 6 aliphatic heterocycles. The molecule has 0 amide bonds. The number of carboxylic acid groups (broad SMARTS) is 2. The maximum atomic E-state index is 12.2. The lowest BCUT2D eigenvalue weighted by atomic mass is 9.82. The van der Waals surface area contributed by atoms with Crippen LogP contribution in [0.2, 0.25) is 0 Å². The first kappa shape index (κ1) is 34.9. The second-order valence-corrected chi connectivity index (χ2v) is 16.2. The molecule has 0 radical (unpaired) electrons. The van der Waals surface area contributed by atoms with Crippen LogP contribution in [0.5, 0.6) is 0 Å². The van der Waals surface area contributed by atoms with E-state index in [0.29, 0.717) is 0 Å². The maximum Gasteiger partial charge on any atom is 0.307 e. The molecular weight excluding hydrogens is 624 g/mol. The van der Waals surface area contributed by atoms with E-state index in [-0.39, 0.29) is 12.8 Å². The molecule has 6 aliphatic rings. The number of hydrogen-bond acceptors (Lipinski definition) is 3. The zero-order valence-corrected chi connectivity index (χ0v) is 29.8. The Morgan fingerprint density at radius 3 is 1.42 bits per heavy atom. The van der Waals surface area contributed by atoms with Crippen molar-refractivity contribution in [2.45, 2.75) is 38.6 Å². The lowest BCUT2D eigenvalue weighted by Gasteiger charge is -2.55. The molecule has 3 aromatic carbocycles. The van der Waals surface area contributed by atoms with Crippen LogP contribution in [0.25, 0.3) is 11.1 Å². The Morgan fingerprint density at radius 1 is 0.520 bits per heavy atom. The van der Waals surface area contributed by atoms with E-state index in [2.05, 4.69) is 29.2 Å². The summed E-state index contributed by atoms with van der Waals surface area (Å²) in [6.07, 6.45) is 4.58. The topological polar surface area (TPSA) is 77.8 Å². The van der Waals surface area contributed by atoms with Crippen molar-refractivity contribution in [3.8, 4) is 11.1 Å². The van der Waals surface area contributed by atoms with Crippen LogP contribution in [-0.4, -0.2) is 132 Å². The molecule has 6 saturated heterocycles. The number of carboxylic acids is 2. The smallest absolute Gasteiger partial charge is 0.307 e. The molecule has 0 unspecified atom stereocenters. The van der Waals surface area contributed by atoms with Gasteiger partial charge in [-0.15, -0.1) is 0 Å². The van der Waals surface area contributed by atoms with Crippen molar-refractivity contribution in [3.63, 3.8) is 0 Å². The molecule has 3 aromatic rings. The van der Waals surface area contributed by atoms with Crippen LogP contribution >= 0.6 is 0 Å². The molecule has 8 heteroatoms. The van der Waals surface area contributed by atoms with Crippen LogP contribution in [0.4, 0.5) is 0 Å². The molecule has 4 bridgehead atoms. The third-order valence-electron chi connectivity index (χ3n) is 13.2. The molecule has 50 heavy (non-hydrogen) atoms. The predicted octanol–water partition coefficient (Wildman–Crippen LogP) is 5.02. The summed E-state index contributed by atoms with van der Waals surface area (Å²) in [6.45, 7) is 19.9. The molecule has 6 heterocycles. The van der Waals surface area contributed by atoms with E-state index in [4.69, 9.17) is 0 Å². The number of rotatable bonds is 16. The van der Waals surface area contributed by atoms with Crippen LogP contribution in [0, 0.1) is 11.8 Å². The molecule has 0 spiro atoms.